The van der Waals surface area contributed by atoms with E-state index in [1.165, 1.54) is 30.3 Å². The van der Waals surface area contributed by atoms with Crippen molar-refractivity contribution in [2.75, 3.05) is 5.32 Å². The van der Waals surface area contributed by atoms with Crippen LogP contribution >= 0.6 is 46.1 Å². The lowest BCUT2D eigenvalue weighted by Gasteiger charge is -2.13. The van der Waals surface area contributed by atoms with Crippen molar-refractivity contribution < 1.29 is 27.9 Å². The zero-order valence-corrected chi connectivity index (χ0v) is 22.0. The van der Waals surface area contributed by atoms with Gasteiger partial charge in [-0.15, -0.1) is 0 Å². The summed E-state index contributed by atoms with van der Waals surface area (Å²) in [5.74, 6) is -1.95. The van der Waals surface area contributed by atoms with Crippen LogP contribution in [0.4, 0.5) is 18.2 Å². The van der Waals surface area contributed by atoms with E-state index < -0.39 is 35.8 Å². The van der Waals surface area contributed by atoms with Crippen molar-refractivity contribution in [3.63, 3.8) is 0 Å². The number of thiazole rings is 1. The maximum absolute atomic E-state index is 13.4. The van der Waals surface area contributed by atoms with Gasteiger partial charge in [0.15, 0.2) is 11.4 Å². The lowest BCUT2D eigenvalue weighted by atomic mass is 10.1. The van der Waals surface area contributed by atoms with Gasteiger partial charge in [0.25, 0.3) is 11.8 Å². The van der Waals surface area contributed by atoms with Crippen LogP contribution in [0.2, 0.25) is 15.1 Å². The molecule has 0 saturated carbocycles. The van der Waals surface area contributed by atoms with E-state index in [1.807, 2.05) is 0 Å². The van der Waals surface area contributed by atoms with E-state index in [1.54, 1.807) is 24.3 Å². The molecule has 0 unspecified atom stereocenters. The molecular formula is C25H15Cl3F3N3O3S. The first-order chi connectivity index (χ1) is 18.0. The second-order valence-corrected chi connectivity index (χ2v) is 9.98. The number of aromatic nitrogens is 1. The summed E-state index contributed by atoms with van der Waals surface area (Å²) >= 11 is 19.0. The first kappa shape index (κ1) is 27.7. The third-order valence-electron chi connectivity index (χ3n) is 5.21. The number of phenolic OH excluding ortho intramolecular Hbond substituents is 1. The van der Waals surface area contributed by atoms with Gasteiger partial charge in [-0.1, -0.05) is 82.5 Å². The Bertz CT molecular complexity index is 1520. The van der Waals surface area contributed by atoms with Gasteiger partial charge in [0.1, 0.15) is 10.0 Å². The van der Waals surface area contributed by atoms with Gasteiger partial charge < -0.3 is 15.7 Å². The largest absolute Gasteiger partial charge is 0.505 e. The van der Waals surface area contributed by atoms with Gasteiger partial charge in [-0.3, -0.25) is 9.59 Å². The van der Waals surface area contributed by atoms with Crippen LogP contribution in [-0.2, 0) is 12.7 Å². The van der Waals surface area contributed by atoms with Crippen LogP contribution in [0, 0.1) is 0 Å². The Kier molecular flexibility index (Phi) is 8.17. The Labute approximate surface area is 233 Å². The molecule has 13 heteroatoms. The smallest absolute Gasteiger partial charge is 0.416 e. The van der Waals surface area contributed by atoms with Crippen molar-refractivity contribution in [1.82, 2.24) is 10.3 Å². The first-order valence-electron chi connectivity index (χ1n) is 10.6. The summed E-state index contributed by atoms with van der Waals surface area (Å²) in [6, 6.07) is 13.9. The zero-order valence-electron chi connectivity index (χ0n) is 18.9. The summed E-state index contributed by atoms with van der Waals surface area (Å²) in [6.07, 6.45) is -4.61. The second-order valence-electron chi connectivity index (χ2n) is 7.76. The predicted molar refractivity (Wildman–Crippen MR) is 141 cm³/mol. The van der Waals surface area contributed by atoms with E-state index >= 15 is 0 Å². The highest BCUT2D eigenvalue weighted by Crippen LogP contribution is 2.37. The summed E-state index contributed by atoms with van der Waals surface area (Å²) in [4.78, 5) is 30.3. The number of halogens is 6. The molecule has 0 aliphatic carbocycles. The molecule has 0 bridgehead atoms. The zero-order chi connectivity index (χ0) is 27.6. The molecule has 4 rings (SSSR count). The van der Waals surface area contributed by atoms with E-state index in [9.17, 15) is 27.9 Å². The Balaban J connectivity index is 1.67. The molecule has 6 nitrogen and oxygen atoms in total. The van der Waals surface area contributed by atoms with E-state index in [0.717, 1.165) is 17.4 Å². The molecule has 0 saturated heterocycles. The normalized spacial score (nSPS) is 11.3. The number of aromatic hydroxyl groups is 1. The highest BCUT2D eigenvalue weighted by molar-refractivity contribution is 7.19. The molecule has 0 aliphatic heterocycles. The summed E-state index contributed by atoms with van der Waals surface area (Å²) in [7, 11) is 0. The van der Waals surface area contributed by atoms with Gasteiger partial charge in [-0.05, 0) is 29.8 Å². The van der Waals surface area contributed by atoms with Crippen molar-refractivity contribution in [1.29, 1.82) is 0 Å². The fourth-order valence-corrected chi connectivity index (χ4v) is 5.16. The van der Waals surface area contributed by atoms with Crippen LogP contribution in [0.1, 0.15) is 32.0 Å². The molecule has 1 aromatic heterocycles. The molecule has 0 fully saturated rings. The average molecular weight is 601 g/mol. The lowest BCUT2D eigenvalue weighted by Crippen LogP contribution is -2.26. The Morgan fingerprint density at radius 2 is 1.55 bits per heavy atom. The molecule has 3 N–H and O–H groups in total. The number of anilines is 1. The molecule has 2 amide bonds. The number of phenols is 1. The summed E-state index contributed by atoms with van der Waals surface area (Å²) < 4.78 is 40.1. The van der Waals surface area contributed by atoms with Crippen LogP contribution < -0.4 is 10.6 Å². The van der Waals surface area contributed by atoms with Gasteiger partial charge in [0, 0.05) is 17.7 Å². The minimum atomic E-state index is -4.61. The number of carbonyl (C=O) groups is 2. The van der Waals surface area contributed by atoms with E-state index in [-0.39, 0.29) is 36.9 Å². The van der Waals surface area contributed by atoms with E-state index in [0.29, 0.717) is 10.6 Å². The van der Waals surface area contributed by atoms with Gasteiger partial charge in [0.05, 0.1) is 20.6 Å². The van der Waals surface area contributed by atoms with Gasteiger partial charge in [0.2, 0.25) is 0 Å². The first-order valence-corrected chi connectivity index (χ1v) is 12.6. The number of hydrogen-bond acceptors (Lipinski definition) is 5. The molecule has 0 atom stereocenters. The molecule has 3 aromatic carbocycles. The number of alkyl halides is 3. The van der Waals surface area contributed by atoms with Crippen molar-refractivity contribution in [3.05, 3.63) is 98.1 Å². The van der Waals surface area contributed by atoms with Crippen molar-refractivity contribution in [3.8, 4) is 16.3 Å². The van der Waals surface area contributed by atoms with Crippen molar-refractivity contribution >= 4 is 63.0 Å². The highest BCUT2D eigenvalue weighted by atomic mass is 35.5. The van der Waals surface area contributed by atoms with Crippen molar-refractivity contribution in [2.45, 2.75) is 12.7 Å². The van der Waals surface area contributed by atoms with Crippen LogP contribution in [0.3, 0.4) is 0 Å². The monoisotopic (exact) mass is 599 g/mol. The fourth-order valence-electron chi connectivity index (χ4n) is 3.39. The van der Waals surface area contributed by atoms with Gasteiger partial charge >= 0.3 is 6.18 Å². The molecule has 4 aromatic rings. The summed E-state index contributed by atoms with van der Waals surface area (Å²) in [6.45, 7) is -0.440. The number of nitrogens with one attached hydrogen (secondary N) is 2. The minimum absolute atomic E-state index is 0.00634. The fraction of sp³-hybridized carbons (Fsp3) is 0.0800. The van der Waals surface area contributed by atoms with E-state index in [4.69, 9.17) is 34.8 Å². The summed E-state index contributed by atoms with van der Waals surface area (Å²) in [5.41, 5.74) is -0.805. The third kappa shape index (κ3) is 6.05. The quantitative estimate of drug-likeness (QED) is 0.212. The molecule has 38 heavy (non-hydrogen) atoms. The third-order valence-corrected chi connectivity index (χ3v) is 7.12. The molecule has 0 spiro atoms. The summed E-state index contributed by atoms with van der Waals surface area (Å²) in [5, 5.41) is 15.1. The maximum Gasteiger partial charge on any atom is 0.416 e. The van der Waals surface area contributed by atoms with E-state index in [2.05, 4.69) is 15.6 Å². The predicted octanol–water partition coefficient (Wildman–Crippen LogP) is 7.68. The molecule has 1 heterocycles. The van der Waals surface area contributed by atoms with Crippen LogP contribution in [0.25, 0.3) is 10.6 Å². The molecular weight excluding hydrogens is 586 g/mol. The number of rotatable bonds is 6. The standard InChI is InChI=1S/C25H15Cl3F3N3O3S/c26-16-8-4-2-6-14(16)23-33-19(22(37)32-11-12-5-1-3-7-15(12)25(29,30)31)24(38-23)34-21(36)13-9-17(27)20(35)18(28)10-13/h1-10,35H,11H2,(H,32,37)(H,34,36). The minimum Gasteiger partial charge on any atom is -0.505 e. The Morgan fingerprint density at radius 1 is 0.921 bits per heavy atom. The lowest BCUT2D eigenvalue weighted by molar-refractivity contribution is -0.138. The van der Waals surface area contributed by atoms with Crippen LogP contribution in [-0.4, -0.2) is 21.9 Å². The number of carbonyl (C=O) groups excluding carboxylic acids is 2. The maximum atomic E-state index is 13.4. The number of nitrogens with zero attached hydrogens (tertiary/aromatic N) is 1. The SMILES string of the molecule is O=C(Nc1sc(-c2ccccc2Cl)nc1C(=O)NCc1ccccc1C(F)(F)F)c1cc(Cl)c(O)c(Cl)c1. The van der Waals surface area contributed by atoms with Crippen LogP contribution in [0.15, 0.2) is 60.7 Å². The number of amides is 2. The molecule has 0 aliphatic rings. The number of hydrogen-bond donors (Lipinski definition) is 3. The van der Waals surface area contributed by atoms with Crippen molar-refractivity contribution in [2.24, 2.45) is 0 Å². The average Bonchev–Trinajstić information content (AvgIpc) is 3.28. The number of benzene rings is 3. The molecule has 0 radical (unpaired) electrons. The topological polar surface area (TPSA) is 91.3 Å². The Morgan fingerprint density at radius 3 is 2.21 bits per heavy atom. The Hall–Kier alpha value is -3.31. The van der Waals surface area contributed by atoms with Gasteiger partial charge in [-0.2, -0.15) is 13.2 Å². The van der Waals surface area contributed by atoms with Crippen LogP contribution in [0.5, 0.6) is 5.75 Å². The highest BCUT2D eigenvalue weighted by Gasteiger charge is 2.33. The van der Waals surface area contributed by atoms with Gasteiger partial charge in [-0.25, -0.2) is 4.98 Å². The molecule has 196 valence electrons. The second kappa shape index (κ2) is 11.2.